The van der Waals surface area contributed by atoms with E-state index < -0.39 is 0 Å². The first-order chi connectivity index (χ1) is 19.9. The molecule has 4 aromatic rings. The summed E-state index contributed by atoms with van der Waals surface area (Å²) in [7, 11) is 1.86. The molecule has 12 nitrogen and oxygen atoms in total. The molecule has 1 saturated heterocycles. The molecule has 2 aromatic heterocycles. The Kier molecular flexibility index (Phi) is 8.92. The Bertz CT molecular complexity index is 1480. The van der Waals surface area contributed by atoms with Crippen molar-refractivity contribution in [3.8, 4) is 16.9 Å². The molecule has 0 aliphatic carbocycles. The number of fused-ring (bicyclic) bond motifs is 1. The van der Waals surface area contributed by atoms with Crippen LogP contribution in [0.25, 0.3) is 22.3 Å². The van der Waals surface area contributed by atoms with E-state index in [9.17, 15) is 9.90 Å². The summed E-state index contributed by atoms with van der Waals surface area (Å²) in [5.74, 6) is 1.26. The van der Waals surface area contributed by atoms with Crippen molar-refractivity contribution >= 4 is 28.8 Å². The van der Waals surface area contributed by atoms with Gasteiger partial charge in [0.25, 0.3) is 0 Å². The number of benzene rings is 2. The summed E-state index contributed by atoms with van der Waals surface area (Å²) in [4.78, 5) is 26.3. The van der Waals surface area contributed by atoms with Crippen LogP contribution in [0.2, 0.25) is 0 Å². The first kappa shape index (κ1) is 28.3. The Balaban J connectivity index is 1.36. The Morgan fingerprint density at radius 1 is 1.22 bits per heavy atom. The Morgan fingerprint density at radius 3 is 2.80 bits per heavy atom. The molecule has 12 heteroatoms. The number of imidazole rings is 1. The summed E-state index contributed by atoms with van der Waals surface area (Å²) >= 11 is 0. The number of nitrogen functional groups attached to an aromatic ring is 1. The lowest BCUT2D eigenvalue weighted by atomic mass is 10.0. The number of aliphatic hydroxyl groups is 1. The second kappa shape index (κ2) is 12.9. The Morgan fingerprint density at radius 2 is 2.05 bits per heavy atom. The molecule has 1 aliphatic heterocycles. The second-order valence-corrected chi connectivity index (χ2v) is 10.2. The summed E-state index contributed by atoms with van der Waals surface area (Å²) in [5, 5.41) is 13.0. The van der Waals surface area contributed by atoms with Crippen LogP contribution in [-0.4, -0.2) is 74.9 Å². The van der Waals surface area contributed by atoms with Crippen LogP contribution >= 0.6 is 0 Å². The third-order valence-electron chi connectivity index (χ3n) is 7.03. The van der Waals surface area contributed by atoms with Crippen LogP contribution in [0.4, 0.5) is 11.8 Å². The van der Waals surface area contributed by atoms with Crippen molar-refractivity contribution in [1.29, 1.82) is 0 Å². The highest BCUT2D eigenvalue weighted by atomic mass is 16.5. The van der Waals surface area contributed by atoms with E-state index in [1.54, 1.807) is 0 Å². The maximum Gasteiger partial charge on any atom is 0.231 e. The van der Waals surface area contributed by atoms with Crippen molar-refractivity contribution in [3.05, 3.63) is 60.4 Å². The van der Waals surface area contributed by atoms with Crippen LogP contribution in [0.15, 0.2) is 54.9 Å². The molecule has 1 aliphatic rings. The topological polar surface area (TPSA) is 167 Å². The molecule has 1 fully saturated rings. The minimum Gasteiger partial charge on any atom is -0.493 e. The van der Waals surface area contributed by atoms with E-state index in [-0.39, 0.29) is 37.2 Å². The van der Waals surface area contributed by atoms with E-state index in [0.717, 1.165) is 35.3 Å². The summed E-state index contributed by atoms with van der Waals surface area (Å²) in [5.41, 5.74) is 15.5. The zero-order chi connectivity index (χ0) is 28.8. The van der Waals surface area contributed by atoms with Crippen molar-refractivity contribution in [3.63, 3.8) is 0 Å². The van der Waals surface area contributed by atoms with Gasteiger partial charge in [0.15, 0.2) is 17.0 Å². The molecular formula is C29H36N8O4. The Labute approximate surface area is 238 Å². The molecule has 6 N–H and O–H groups in total. The van der Waals surface area contributed by atoms with E-state index in [1.807, 2.05) is 40.8 Å². The predicted octanol–water partition coefficient (Wildman–Crippen LogP) is 2.54. The molecule has 2 aromatic carbocycles. The van der Waals surface area contributed by atoms with Crippen molar-refractivity contribution in [2.75, 3.05) is 44.4 Å². The number of aliphatic hydroxyl groups excluding tert-OH is 1. The van der Waals surface area contributed by atoms with Gasteiger partial charge in [0.1, 0.15) is 18.3 Å². The lowest BCUT2D eigenvalue weighted by Crippen LogP contribution is -2.31. The van der Waals surface area contributed by atoms with E-state index in [1.165, 1.54) is 6.33 Å². The average Bonchev–Trinajstić information content (AvgIpc) is 3.59. The number of amides is 1. The monoisotopic (exact) mass is 560 g/mol. The number of likely N-dealkylation sites (N-methyl/N-ethyl adjacent to an activating group) is 1. The number of ether oxygens (including phenoxy) is 2. The van der Waals surface area contributed by atoms with Gasteiger partial charge < -0.3 is 31.4 Å². The summed E-state index contributed by atoms with van der Waals surface area (Å²) in [6.45, 7) is 1.80. The number of aromatic nitrogens is 4. The molecule has 216 valence electrons. The molecule has 0 bridgehead atoms. The molecule has 0 spiro atoms. The summed E-state index contributed by atoms with van der Waals surface area (Å²) in [6.07, 6.45) is 3.04. The van der Waals surface area contributed by atoms with Crippen molar-refractivity contribution in [2.45, 2.75) is 38.1 Å². The molecule has 3 heterocycles. The fourth-order valence-corrected chi connectivity index (χ4v) is 5.03. The smallest absolute Gasteiger partial charge is 0.231 e. The largest absolute Gasteiger partial charge is 0.493 e. The van der Waals surface area contributed by atoms with Gasteiger partial charge in [-0.15, -0.1) is 0 Å². The van der Waals surface area contributed by atoms with Gasteiger partial charge in [0.2, 0.25) is 11.9 Å². The molecule has 2 atom stereocenters. The molecule has 0 radical (unpaired) electrons. The van der Waals surface area contributed by atoms with Gasteiger partial charge >= 0.3 is 0 Å². The number of anilines is 2. The first-order valence-corrected chi connectivity index (χ1v) is 13.7. The number of carbonyl (C=O) groups excluding carboxylic acids is 1. The maximum atomic E-state index is 11.2. The van der Waals surface area contributed by atoms with Crippen LogP contribution in [-0.2, 0) is 16.1 Å². The van der Waals surface area contributed by atoms with Gasteiger partial charge in [-0.25, -0.2) is 15.0 Å². The van der Waals surface area contributed by atoms with Gasteiger partial charge in [0, 0.05) is 18.7 Å². The van der Waals surface area contributed by atoms with E-state index in [2.05, 4.69) is 39.6 Å². The van der Waals surface area contributed by atoms with Crippen molar-refractivity contribution in [2.24, 2.45) is 5.73 Å². The number of primary amides is 1. The zero-order valence-corrected chi connectivity index (χ0v) is 23.1. The van der Waals surface area contributed by atoms with E-state index >= 15 is 0 Å². The highest BCUT2D eigenvalue weighted by molar-refractivity contribution is 5.84. The standard InChI is InChI=1S/C29H36N8O4/c1-36(16-24(30)39)12-5-13-40-23-14-19(8-10-22(23)20-6-3-2-4-7-20)15-32-29-35-26-27(31)33-18-34-28(26)37(29)25-11-9-21(17-38)41-25/h2-4,6-8,10,14,18,21,25,38H,5,9,11-13,15-17H2,1H3,(H2,30,39)(H,32,35)(H2,31,33,34)/t21-,25+/m0/s1. The van der Waals surface area contributed by atoms with Gasteiger partial charge in [-0.2, -0.15) is 0 Å². The van der Waals surface area contributed by atoms with Gasteiger partial charge in [-0.05, 0) is 43.5 Å². The molecule has 1 amide bonds. The minimum atomic E-state index is -0.351. The molecule has 0 unspecified atom stereocenters. The summed E-state index contributed by atoms with van der Waals surface area (Å²) < 4.78 is 14.2. The molecule has 41 heavy (non-hydrogen) atoms. The fourth-order valence-electron chi connectivity index (χ4n) is 5.03. The molecule has 0 saturated carbocycles. The van der Waals surface area contributed by atoms with Gasteiger partial charge in [0.05, 0.1) is 25.9 Å². The van der Waals surface area contributed by atoms with Gasteiger partial charge in [-0.1, -0.05) is 42.5 Å². The average molecular weight is 561 g/mol. The molecular weight excluding hydrogens is 524 g/mol. The van der Waals surface area contributed by atoms with E-state index in [4.69, 9.17) is 25.9 Å². The van der Waals surface area contributed by atoms with E-state index in [0.29, 0.717) is 43.2 Å². The van der Waals surface area contributed by atoms with Crippen molar-refractivity contribution < 1.29 is 19.4 Å². The van der Waals surface area contributed by atoms with Crippen molar-refractivity contribution in [1.82, 2.24) is 24.4 Å². The number of hydrogen-bond acceptors (Lipinski definition) is 10. The molecule has 5 rings (SSSR count). The SMILES string of the molecule is CN(CCCOc1cc(CNc2nc3c(N)ncnc3n2[C@H]2CC[C@@H](CO)O2)ccc1-c1ccccc1)CC(N)=O. The third-order valence-corrected chi connectivity index (χ3v) is 7.03. The highest BCUT2D eigenvalue weighted by Gasteiger charge is 2.30. The van der Waals surface area contributed by atoms with Crippen LogP contribution in [0.3, 0.4) is 0 Å². The lowest BCUT2D eigenvalue weighted by Gasteiger charge is -2.18. The maximum absolute atomic E-state index is 11.2. The predicted molar refractivity (Wildman–Crippen MR) is 156 cm³/mol. The quantitative estimate of drug-likeness (QED) is 0.178. The number of rotatable bonds is 13. The van der Waals surface area contributed by atoms with Crippen LogP contribution in [0.1, 0.15) is 31.1 Å². The zero-order valence-electron chi connectivity index (χ0n) is 23.1. The van der Waals surface area contributed by atoms with Crippen LogP contribution in [0.5, 0.6) is 5.75 Å². The number of nitrogens with two attached hydrogens (primary N) is 2. The third kappa shape index (κ3) is 6.73. The number of nitrogens with zero attached hydrogens (tertiary/aromatic N) is 5. The number of carbonyl (C=O) groups is 1. The first-order valence-electron chi connectivity index (χ1n) is 13.7. The second-order valence-electron chi connectivity index (χ2n) is 10.2. The minimum absolute atomic E-state index is 0.0407. The Hall–Kier alpha value is -4.26. The number of hydrogen-bond donors (Lipinski definition) is 4. The fraction of sp³-hybridized carbons (Fsp3) is 0.379. The summed E-state index contributed by atoms with van der Waals surface area (Å²) in [6, 6.07) is 16.2. The highest BCUT2D eigenvalue weighted by Crippen LogP contribution is 2.35. The van der Waals surface area contributed by atoms with Gasteiger partial charge in [-0.3, -0.25) is 14.3 Å². The number of nitrogens with one attached hydrogen (secondary N) is 1. The van der Waals surface area contributed by atoms with Crippen LogP contribution < -0.4 is 21.5 Å². The lowest BCUT2D eigenvalue weighted by molar-refractivity contribution is -0.118. The normalized spacial score (nSPS) is 16.9. The van der Waals surface area contributed by atoms with Crippen LogP contribution in [0, 0.1) is 0 Å².